The second kappa shape index (κ2) is 5.48. The zero-order valence-corrected chi connectivity index (χ0v) is 11.2. The highest BCUT2D eigenvalue weighted by atomic mass is 19.2. The molecule has 19 heavy (non-hydrogen) atoms. The number of hydrogen-bond acceptors (Lipinski definition) is 3. The quantitative estimate of drug-likeness (QED) is 0.848. The van der Waals surface area contributed by atoms with Gasteiger partial charge in [-0.15, -0.1) is 0 Å². The van der Waals surface area contributed by atoms with E-state index in [4.69, 9.17) is 4.52 Å². The molecular weight excluding hydrogens is 250 g/mol. The summed E-state index contributed by atoms with van der Waals surface area (Å²) in [5, 5.41) is 3.82. The molecule has 2 rings (SSSR count). The van der Waals surface area contributed by atoms with Crippen LogP contribution in [0.3, 0.4) is 0 Å². The largest absolute Gasteiger partial charge is 0.360 e. The second-order valence-corrected chi connectivity index (χ2v) is 4.70. The molecule has 1 heterocycles. The van der Waals surface area contributed by atoms with Gasteiger partial charge in [-0.3, -0.25) is 4.90 Å². The predicted octanol–water partition coefficient (Wildman–Crippen LogP) is 3.45. The van der Waals surface area contributed by atoms with E-state index < -0.39 is 11.6 Å². The zero-order valence-electron chi connectivity index (χ0n) is 11.2. The number of benzene rings is 1. The minimum Gasteiger partial charge on any atom is -0.360 e. The van der Waals surface area contributed by atoms with Crippen molar-refractivity contribution < 1.29 is 13.3 Å². The third-order valence-corrected chi connectivity index (χ3v) is 3.17. The third kappa shape index (κ3) is 3.17. The monoisotopic (exact) mass is 266 g/mol. The van der Waals surface area contributed by atoms with Gasteiger partial charge in [-0.25, -0.2) is 8.78 Å². The first-order chi connectivity index (χ1) is 8.97. The fraction of sp³-hybridized carbons (Fsp3) is 0.357. The number of hydrogen-bond donors (Lipinski definition) is 0. The lowest BCUT2D eigenvalue weighted by molar-refractivity contribution is 0.220. The van der Waals surface area contributed by atoms with Crippen molar-refractivity contribution in [3.05, 3.63) is 52.9 Å². The van der Waals surface area contributed by atoms with Gasteiger partial charge in [-0.2, -0.15) is 0 Å². The van der Waals surface area contributed by atoms with Gasteiger partial charge in [-0.1, -0.05) is 11.2 Å². The van der Waals surface area contributed by atoms with Crippen LogP contribution in [-0.2, 0) is 6.54 Å². The van der Waals surface area contributed by atoms with Crippen LogP contribution in [0.5, 0.6) is 0 Å². The van der Waals surface area contributed by atoms with Crippen molar-refractivity contribution in [1.29, 1.82) is 0 Å². The lowest BCUT2D eigenvalue weighted by Gasteiger charge is -2.23. The van der Waals surface area contributed by atoms with Crippen LogP contribution < -0.4 is 0 Å². The molecule has 0 N–H and O–H groups in total. The van der Waals surface area contributed by atoms with Crippen molar-refractivity contribution >= 4 is 0 Å². The van der Waals surface area contributed by atoms with Gasteiger partial charge in [0.15, 0.2) is 17.4 Å². The molecule has 0 radical (unpaired) electrons. The van der Waals surface area contributed by atoms with Crippen LogP contribution in [0.15, 0.2) is 28.8 Å². The first-order valence-electron chi connectivity index (χ1n) is 6.04. The normalized spacial score (nSPS) is 12.9. The molecule has 0 saturated heterocycles. The maximum absolute atomic E-state index is 13.2. The Hall–Kier alpha value is -1.75. The standard InChI is InChI=1S/C14H16F2N2O/c1-9-6-12(19-17-9)8-18(3)10(2)11-4-5-13(15)14(16)7-11/h4-7,10H,8H2,1-3H3. The van der Waals surface area contributed by atoms with Gasteiger partial charge in [0.25, 0.3) is 0 Å². The number of halogens is 2. The topological polar surface area (TPSA) is 29.3 Å². The van der Waals surface area contributed by atoms with Crippen molar-refractivity contribution in [2.75, 3.05) is 7.05 Å². The third-order valence-electron chi connectivity index (χ3n) is 3.17. The molecule has 5 heteroatoms. The van der Waals surface area contributed by atoms with Crippen molar-refractivity contribution in [3.63, 3.8) is 0 Å². The van der Waals surface area contributed by atoms with Gasteiger partial charge in [0.2, 0.25) is 0 Å². The Morgan fingerprint density at radius 2 is 2.00 bits per heavy atom. The summed E-state index contributed by atoms with van der Waals surface area (Å²) in [5.41, 5.74) is 1.54. The van der Waals surface area contributed by atoms with Gasteiger partial charge in [0, 0.05) is 12.1 Å². The molecule has 0 bridgehead atoms. The molecule has 0 aliphatic carbocycles. The van der Waals surface area contributed by atoms with Crippen molar-refractivity contribution in [2.24, 2.45) is 0 Å². The van der Waals surface area contributed by atoms with E-state index in [2.05, 4.69) is 5.16 Å². The Morgan fingerprint density at radius 1 is 1.26 bits per heavy atom. The van der Waals surface area contributed by atoms with Crippen LogP contribution in [0, 0.1) is 18.6 Å². The Kier molecular flexibility index (Phi) is 3.95. The van der Waals surface area contributed by atoms with Crippen LogP contribution in [-0.4, -0.2) is 17.1 Å². The average molecular weight is 266 g/mol. The number of rotatable bonds is 4. The smallest absolute Gasteiger partial charge is 0.159 e. The van der Waals surface area contributed by atoms with E-state index in [0.717, 1.165) is 23.1 Å². The minimum atomic E-state index is -0.829. The molecule has 1 aromatic heterocycles. The summed E-state index contributed by atoms with van der Waals surface area (Å²) in [5.74, 6) is -0.910. The van der Waals surface area contributed by atoms with Crippen LogP contribution in [0.4, 0.5) is 8.78 Å². The fourth-order valence-electron chi connectivity index (χ4n) is 1.90. The van der Waals surface area contributed by atoms with E-state index in [0.29, 0.717) is 6.54 Å². The summed E-state index contributed by atoms with van der Waals surface area (Å²) < 4.78 is 31.3. The van der Waals surface area contributed by atoms with Crippen LogP contribution in [0.2, 0.25) is 0 Å². The maximum Gasteiger partial charge on any atom is 0.159 e. The molecule has 2 aromatic rings. The van der Waals surface area contributed by atoms with E-state index in [9.17, 15) is 8.78 Å². The summed E-state index contributed by atoms with van der Waals surface area (Å²) in [6.45, 7) is 4.34. The van der Waals surface area contributed by atoms with Gasteiger partial charge in [0.05, 0.1) is 12.2 Å². The van der Waals surface area contributed by atoms with E-state index in [1.165, 1.54) is 6.07 Å². The maximum atomic E-state index is 13.2. The summed E-state index contributed by atoms with van der Waals surface area (Å²) in [6, 6.07) is 5.76. The molecule has 0 amide bonds. The van der Waals surface area contributed by atoms with Crippen LogP contribution in [0.1, 0.15) is 30.0 Å². The summed E-state index contributed by atoms with van der Waals surface area (Å²) in [4.78, 5) is 1.98. The highest BCUT2D eigenvalue weighted by Gasteiger charge is 2.15. The molecule has 102 valence electrons. The average Bonchev–Trinajstić information content (AvgIpc) is 2.77. The van der Waals surface area contributed by atoms with Crippen molar-refractivity contribution in [3.8, 4) is 0 Å². The predicted molar refractivity (Wildman–Crippen MR) is 67.5 cm³/mol. The van der Waals surface area contributed by atoms with Crippen LogP contribution in [0.25, 0.3) is 0 Å². The second-order valence-electron chi connectivity index (χ2n) is 4.70. The van der Waals surface area contributed by atoms with Crippen LogP contribution >= 0.6 is 0 Å². The van der Waals surface area contributed by atoms with E-state index in [-0.39, 0.29) is 6.04 Å². The molecule has 0 saturated carbocycles. The van der Waals surface area contributed by atoms with E-state index in [1.807, 2.05) is 31.9 Å². The van der Waals surface area contributed by atoms with Crippen molar-refractivity contribution in [1.82, 2.24) is 10.1 Å². The lowest BCUT2D eigenvalue weighted by Crippen LogP contribution is -2.21. The molecule has 0 aliphatic rings. The Balaban J connectivity index is 2.09. The zero-order chi connectivity index (χ0) is 14.0. The van der Waals surface area contributed by atoms with E-state index in [1.54, 1.807) is 6.07 Å². The molecule has 1 atom stereocenters. The Bertz CT molecular complexity index is 568. The summed E-state index contributed by atoms with van der Waals surface area (Å²) in [6.07, 6.45) is 0. The molecule has 1 unspecified atom stereocenters. The van der Waals surface area contributed by atoms with Gasteiger partial charge < -0.3 is 4.52 Å². The molecule has 0 aliphatic heterocycles. The molecular formula is C14H16F2N2O. The van der Waals surface area contributed by atoms with Gasteiger partial charge >= 0.3 is 0 Å². The molecule has 3 nitrogen and oxygen atoms in total. The SMILES string of the molecule is Cc1cc(CN(C)C(C)c2ccc(F)c(F)c2)on1. The highest BCUT2D eigenvalue weighted by molar-refractivity contribution is 5.21. The minimum absolute atomic E-state index is 0.0551. The lowest BCUT2D eigenvalue weighted by atomic mass is 10.1. The Labute approximate surface area is 110 Å². The van der Waals surface area contributed by atoms with Gasteiger partial charge in [0.1, 0.15) is 0 Å². The van der Waals surface area contributed by atoms with Crippen molar-refractivity contribution in [2.45, 2.75) is 26.4 Å². The molecule has 0 fully saturated rings. The Morgan fingerprint density at radius 3 is 2.58 bits per heavy atom. The van der Waals surface area contributed by atoms with E-state index >= 15 is 0 Å². The number of aryl methyl sites for hydroxylation is 1. The fourth-order valence-corrected chi connectivity index (χ4v) is 1.90. The molecule has 1 aromatic carbocycles. The summed E-state index contributed by atoms with van der Waals surface area (Å²) >= 11 is 0. The molecule has 0 spiro atoms. The first-order valence-corrected chi connectivity index (χ1v) is 6.04. The first kappa shape index (κ1) is 13.7. The summed E-state index contributed by atoms with van der Waals surface area (Å²) in [7, 11) is 1.89. The number of aromatic nitrogens is 1. The van der Waals surface area contributed by atoms with Gasteiger partial charge in [-0.05, 0) is 38.6 Å². The highest BCUT2D eigenvalue weighted by Crippen LogP contribution is 2.22. The number of nitrogens with zero attached hydrogens (tertiary/aromatic N) is 2.